The van der Waals surface area contributed by atoms with Crippen LogP contribution in [0.3, 0.4) is 0 Å². The summed E-state index contributed by atoms with van der Waals surface area (Å²) in [4.78, 5) is 17.6. The zero-order chi connectivity index (χ0) is 12.0. The monoisotopic (exact) mass is 227 g/mol. The minimum Gasteiger partial charge on any atom is -0.367 e. The van der Waals surface area contributed by atoms with Crippen LogP contribution in [0.2, 0.25) is 0 Å². The molecule has 0 aromatic rings. The van der Waals surface area contributed by atoms with Gasteiger partial charge in [-0.15, -0.1) is 5.06 Å². The molecule has 3 nitrogen and oxygen atoms in total. The van der Waals surface area contributed by atoms with E-state index in [2.05, 4.69) is 13.8 Å². The molecule has 0 unspecified atom stereocenters. The molecule has 0 radical (unpaired) electrons. The molecule has 0 N–H and O–H groups in total. The van der Waals surface area contributed by atoms with Crippen LogP contribution in [0.1, 0.15) is 59.3 Å². The highest BCUT2D eigenvalue weighted by molar-refractivity contribution is 5.76. The summed E-state index contributed by atoms with van der Waals surface area (Å²) in [6.07, 6.45) is 6.20. The molecule has 0 saturated carbocycles. The first-order valence-corrected chi connectivity index (χ1v) is 6.59. The Morgan fingerprint density at radius 3 is 2.12 bits per heavy atom. The van der Waals surface area contributed by atoms with Gasteiger partial charge in [-0.1, -0.05) is 26.7 Å². The maximum atomic E-state index is 12.1. The van der Waals surface area contributed by atoms with Gasteiger partial charge in [0, 0.05) is 13.1 Å². The topological polar surface area (TPSA) is 29.5 Å². The molecule has 1 saturated heterocycles. The van der Waals surface area contributed by atoms with Crippen LogP contribution in [0.4, 0.5) is 0 Å². The lowest BCUT2D eigenvalue weighted by molar-refractivity contribution is -0.198. The summed E-state index contributed by atoms with van der Waals surface area (Å²) in [6.45, 7) is 8.09. The van der Waals surface area contributed by atoms with E-state index in [1.54, 1.807) is 0 Å². The van der Waals surface area contributed by atoms with Crippen molar-refractivity contribution >= 4 is 5.97 Å². The van der Waals surface area contributed by atoms with Crippen LogP contribution >= 0.6 is 0 Å². The molecule has 1 aliphatic heterocycles. The summed E-state index contributed by atoms with van der Waals surface area (Å²) in [5.41, 5.74) is -0.286. The van der Waals surface area contributed by atoms with Crippen LogP contribution in [0.25, 0.3) is 0 Å². The van der Waals surface area contributed by atoms with Gasteiger partial charge in [0.1, 0.15) is 0 Å². The second-order valence-electron chi connectivity index (χ2n) is 5.08. The van der Waals surface area contributed by atoms with Gasteiger partial charge in [0.05, 0.1) is 5.41 Å². The van der Waals surface area contributed by atoms with E-state index in [1.165, 1.54) is 0 Å². The number of hydrogen-bond donors (Lipinski definition) is 0. The standard InChI is InChI=1S/C13H25NO2/c1-4-8-13(3,9-5-2)12(15)16-14-10-6-7-11-14/h4-11H2,1-3H3. The zero-order valence-electron chi connectivity index (χ0n) is 10.9. The molecule has 1 rings (SSSR count). The minimum absolute atomic E-state index is 0.0295. The molecule has 1 fully saturated rings. The Morgan fingerprint density at radius 2 is 1.69 bits per heavy atom. The van der Waals surface area contributed by atoms with Crippen molar-refractivity contribution in [2.75, 3.05) is 13.1 Å². The minimum atomic E-state index is -0.286. The third kappa shape index (κ3) is 3.48. The number of hydrogen-bond acceptors (Lipinski definition) is 3. The second-order valence-corrected chi connectivity index (χ2v) is 5.08. The molecule has 1 aliphatic rings. The van der Waals surface area contributed by atoms with Gasteiger partial charge in [0.25, 0.3) is 0 Å². The van der Waals surface area contributed by atoms with E-state index < -0.39 is 0 Å². The predicted molar refractivity (Wildman–Crippen MR) is 64.8 cm³/mol. The van der Waals surface area contributed by atoms with Gasteiger partial charge >= 0.3 is 5.97 Å². The van der Waals surface area contributed by atoms with Crippen molar-refractivity contribution in [3.63, 3.8) is 0 Å². The Labute approximate surface area is 99.1 Å². The Kier molecular flexibility index (Phi) is 5.26. The van der Waals surface area contributed by atoms with E-state index in [-0.39, 0.29) is 11.4 Å². The van der Waals surface area contributed by atoms with Crippen LogP contribution in [0.5, 0.6) is 0 Å². The fourth-order valence-electron chi connectivity index (χ4n) is 2.44. The first-order chi connectivity index (χ1) is 7.62. The summed E-state index contributed by atoms with van der Waals surface area (Å²) < 4.78 is 0. The van der Waals surface area contributed by atoms with Gasteiger partial charge < -0.3 is 4.84 Å². The maximum Gasteiger partial charge on any atom is 0.330 e. The quantitative estimate of drug-likeness (QED) is 0.698. The summed E-state index contributed by atoms with van der Waals surface area (Å²) in [5, 5.41) is 1.83. The van der Waals surface area contributed by atoms with Crippen molar-refractivity contribution in [1.82, 2.24) is 5.06 Å². The predicted octanol–water partition coefficient (Wildman–Crippen LogP) is 3.15. The Bertz CT molecular complexity index is 216. The van der Waals surface area contributed by atoms with Crippen LogP contribution < -0.4 is 0 Å². The normalized spacial score (nSPS) is 17.7. The summed E-state index contributed by atoms with van der Waals surface area (Å²) in [6, 6.07) is 0. The first kappa shape index (κ1) is 13.5. The second kappa shape index (κ2) is 6.24. The molecule has 0 aromatic heterocycles. The molecular formula is C13H25NO2. The average molecular weight is 227 g/mol. The van der Waals surface area contributed by atoms with Crippen molar-refractivity contribution in [2.45, 2.75) is 59.3 Å². The molecule has 1 heterocycles. The van der Waals surface area contributed by atoms with E-state index in [0.717, 1.165) is 51.6 Å². The van der Waals surface area contributed by atoms with Crippen LogP contribution in [0.15, 0.2) is 0 Å². The summed E-state index contributed by atoms with van der Waals surface area (Å²) in [7, 11) is 0. The fraction of sp³-hybridized carbons (Fsp3) is 0.923. The van der Waals surface area contributed by atoms with Crippen molar-refractivity contribution in [3.8, 4) is 0 Å². The van der Waals surface area contributed by atoms with E-state index >= 15 is 0 Å². The highest BCUT2D eigenvalue weighted by Gasteiger charge is 2.35. The fourth-order valence-corrected chi connectivity index (χ4v) is 2.44. The van der Waals surface area contributed by atoms with E-state index in [1.807, 2.05) is 12.0 Å². The van der Waals surface area contributed by atoms with E-state index in [0.29, 0.717) is 0 Å². The number of carbonyl (C=O) groups is 1. The van der Waals surface area contributed by atoms with Crippen molar-refractivity contribution in [2.24, 2.45) is 5.41 Å². The van der Waals surface area contributed by atoms with Crippen molar-refractivity contribution in [1.29, 1.82) is 0 Å². The number of rotatable bonds is 6. The van der Waals surface area contributed by atoms with Crippen LogP contribution in [0, 0.1) is 5.41 Å². The summed E-state index contributed by atoms with van der Waals surface area (Å²) in [5.74, 6) is -0.0295. The smallest absolute Gasteiger partial charge is 0.330 e. The van der Waals surface area contributed by atoms with Gasteiger partial charge in [0.15, 0.2) is 0 Å². The lowest BCUT2D eigenvalue weighted by Gasteiger charge is -2.28. The number of nitrogens with zero attached hydrogens (tertiary/aromatic N) is 1. The molecule has 0 spiro atoms. The molecule has 16 heavy (non-hydrogen) atoms. The number of hydroxylamine groups is 2. The highest BCUT2D eigenvalue weighted by atomic mass is 16.7. The zero-order valence-corrected chi connectivity index (χ0v) is 10.9. The van der Waals surface area contributed by atoms with Gasteiger partial charge in [-0.05, 0) is 32.6 Å². The lowest BCUT2D eigenvalue weighted by Crippen LogP contribution is -2.35. The van der Waals surface area contributed by atoms with Gasteiger partial charge in [0.2, 0.25) is 0 Å². The highest BCUT2D eigenvalue weighted by Crippen LogP contribution is 2.31. The Balaban J connectivity index is 2.51. The third-order valence-electron chi connectivity index (χ3n) is 3.37. The molecule has 0 amide bonds. The lowest BCUT2D eigenvalue weighted by atomic mass is 9.81. The van der Waals surface area contributed by atoms with Gasteiger partial charge in [-0.3, -0.25) is 0 Å². The number of carbonyl (C=O) groups excluding carboxylic acids is 1. The molecule has 0 aromatic carbocycles. The van der Waals surface area contributed by atoms with Gasteiger partial charge in [-0.25, -0.2) is 4.79 Å². The molecule has 0 aliphatic carbocycles. The third-order valence-corrected chi connectivity index (χ3v) is 3.37. The SMILES string of the molecule is CCCC(C)(CCC)C(=O)ON1CCCC1. The van der Waals surface area contributed by atoms with Gasteiger partial charge in [-0.2, -0.15) is 0 Å². The molecular weight excluding hydrogens is 202 g/mol. The Morgan fingerprint density at radius 1 is 1.19 bits per heavy atom. The van der Waals surface area contributed by atoms with E-state index in [9.17, 15) is 4.79 Å². The molecule has 0 atom stereocenters. The molecule has 3 heteroatoms. The van der Waals surface area contributed by atoms with Crippen LogP contribution in [-0.2, 0) is 9.63 Å². The first-order valence-electron chi connectivity index (χ1n) is 6.59. The average Bonchev–Trinajstić information content (AvgIpc) is 2.71. The molecule has 0 bridgehead atoms. The van der Waals surface area contributed by atoms with E-state index in [4.69, 9.17) is 4.84 Å². The summed E-state index contributed by atoms with van der Waals surface area (Å²) >= 11 is 0. The molecule has 94 valence electrons. The van der Waals surface area contributed by atoms with Crippen molar-refractivity contribution < 1.29 is 9.63 Å². The maximum absolute atomic E-state index is 12.1. The largest absolute Gasteiger partial charge is 0.367 e. The van der Waals surface area contributed by atoms with Crippen LogP contribution in [-0.4, -0.2) is 24.1 Å². The Hall–Kier alpha value is -0.570. The van der Waals surface area contributed by atoms with Crippen molar-refractivity contribution in [3.05, 3.63) is 0 Å².